The quantitative estimate of drug-likeness (QED) is 0.0195. The van der Waals surface area contributed by atoms with Gasteiger partial charge < -0.3 is 27.9 Å². The number of quaternary nitrogens is 1. The average Bonchev–Trinajstić information content (AvgIpc) is 3.61. The van der Waals surface area contributed by atoms with Gasteiger partial charge in [-0.1, -0.05) is 297 Å². The molecule has 0 saturated carbocycles. The summed E-state index contributed by atoms with van der Waals surface area (Å²) in [4.78, 5) is 38.0. The molecule has 0 radical (unpaired) electrons. The van der Waals surface area contributed by atoms with Gasteiger partial charge in [0.05, 0.1) is 27.7 Å². The van der Waals surface area contributed by atoms with Gasteiger partial charge in [0.15, 0.2) is 6.10 Å². The van der Waals surface area contributed by atoms with Crippen LogP contribution in [0.4, 0.5) is 0 Å². The maximum Gasteiger partial charge on any atom is 0.306 e. The second-order valence-electron chi connectivity index (χ2n) is 24.5. The lowest BCUT2D eigenvalue weighted by Crippen LogP contribution is -2.37. The number of hydrogen-bond acceptors (Lipinski definition) is 8. The SMILES string of the molecule is CC/C=C\C/C=C\C/C=C\C/C=C\C/C=C\C/C=C\C/C=C\CCCCCCCCCCCCCCCCCCCC(=O)OC(COC(=O)CCCCCCCCCCC/C=C\CCCCCCCCCC)COP(=O)([O-])OCC[N+](C)(C)C. The maximum atomic E-state index is 12.9. The van der Waals surface area contributed by atoms with Crippen LogP contribution in [0.15, 0.2) is 97.2 Å². The summed E-state index contributed by atoms with van der Waals surface area (Å²) in [7, 11) is 1.17. The molecule has 0 aromatic carbocycles. The van der Waals surface area contributed by atoms with Crippen LogP contribution in [-0.4, -0.2) is 70.0 Å². The first-order chi connectivity index (χ1) is 41.0. The number of likely N-dealkylation sites (N-methyl/N-ethyl adjacent to an activating group) is 1. The molecule has 0 fully saturated rings. The van der Waals surface area contributed by atoms with Crippen LogP contribution in [0.3, 0.4) is 0 Å². The summed E-state index contributed by atoms with van der Waals surface area (Å²) in [5, 5.41) is 0. The molecule has 0 heterocycles. The third kappa shape index (κ3) is 68.0. The minimum Gasteiger partial charge on any atom is -0.756 e. The minimum absolute atomic E-state index is 0.0323. The molecule has 84 heavy (non-hydrogen) atoms. The Balaban J connectivity index is 4.00. The summed E-state index contributed by atoms with van der Waals surface area (Å²) >= 11 is 0. The molecule has 0 aromatic heterocycles. The molecule has 0 bridgehead atoms. The Morgan fingerprint density at radius 3 is 1.02 bits per heavy atom. The first kappa shape index (κ1) is 80.9. The van der Waals surface area contributed by atoms with Crippen LogP contribution in [0, 0.1) is 0 Å². The van der Waals surface area contributed by atoms with E-state index >= 15 is 0 Å². The zero-order valence-corrected chi connectivity index (χ0v) is 56.2. The summed E-state index contributed by atoms with van der Waals surface area (Å²) in [6.07, 6.45) is 89.1. The van der Waals surface area contributed by atoms with Crippen molar-refractivity contribution in [2.45, 2.75) is 315 Å². The number of carbonyl (C=O) groups excluding carboxylic acids is 2. The van der Waals surface area contributed by atoms with Gasteiger partial charge in [-0.05, 0) is 96.3 Å². The normalized spacial score (nSPS) is 13.7. The molecule has 2 atom stereocenters. The van der Waals surface area contributed by atoms with Crippen molar-refractivity contribution in [3.63, 3.8) is 0 Å². The molecule has 0 aromatic rings. The number of ether oxygens (including phenoxy) is 2. The third-order valence-corrected chi connectivity index (χ3v) is 16.1. The predicted octanol–water partition coefficient (Wildman–Crippen LogP) is 22.1. The van der Waals surface area contributed by atoms with Crippen LogP contribution >= 0.6 is 7.82 Å². The van der Waals surface area contributed by atoms with Crippen molar-refractivity contribution in [2.24, 2.45) is 0 Å². The van der Waals surface area contributed by atoms with Crippen molar-refractivity contribution in [1.82, 2.24) is 0 Å². The number of esters is 2. The standard InChI is InChI=1S/C74H132NO8P/c1-6-8-10-12-14-16-18-20-22-24-26-28-29-30-31-32-33-34-35-36-37-38-39-40-41-42-43-44-45-47-49-51-53-55-57-59-61-63-65-67-74(77)83-72(71-82-84(78,79)81-69-68-75(3,4)5)70-80-73(76)66-64-62-60-58-56-54-52-50-48-46-27-25-23-21-19-17-15-13-11-9-7-2/h8,10,14,16,20,22,25-28,30-31,33-34,36-37,72H,6-7,9,11-13,15,17-19,21,23-24,29,32,35,38-71H2,1-5H3/b10-8-,16-14-,22-20-,27-25-,28-26-,31-30-,34-33-,37-36-. The number of phosphoric ester groups is 1. The lowest BCUT2D eigenvalue weighted by Gasteiger charge is -2.28. The zero-order chi connectivity index (χ0) is 61.2. The van der Waals surface area contributed by atoms with Gasteiger partial charge in [-0.15, -0.1) is 0 Å². The minimum atomic E-state index is -4.64. The number of nitrogens with zero attached hydrogens (tertiary/aromatic N) is 1. The van der Waals surface area contributed by atoms with E-state index in [1.165, 1.54) is 193 Å². The van der Waals surface area contributed by atoms with E-state index in [9.17, 15) is 19.0 Å². The average molecular weight is 1190 g/mol. The van der Waals surface area contributed by atoms with Gasteiger partial charge in [-0.25, -0.2) is 0 Å². The largest absolute Gasteiger partial charge is 0.756 e. The second kappa shape index (κ2) is 64.4. The summed E-state index contributed by atoms with van der Waals surface area (Å²) in [6.45, 7) is 4.16. The fourth-order valence-electron chi connectivity index (χ4n) is 9.75. The number of rotatable bonds is 64. The molecule has 486 valence electrons. The fourth-order valence-corrected chi connectivity index (χ4v) is 10.5. The molecule has 0 N–H and O–H groups in total. The molecule has 0 rings (SSSR count). The van der Waals surface area contributed by atoms with E-state index in [2.05, 4.69) is 111 Å². The van der Waals surface area contributed by atoms with E-state index in [4.69, 9.17) is 18.5 Å². The van der Waals surface area contributed by atoms with Crippen LogP contribution in [0.1, 0.15) is 309 Å². The van der Waals surface area contributed by atoms with Gasteiger partial charge in [0.25, 0.3) is 7.82 Å². The number of allylic oxidation sites excluding steroid dienone is 16. The summed E-state index contributed by atoms with van der Waals surface area (Å²) < 4.78 is 34.3. The van der Waals surface area contributed by atoms with E-state index in [1.54, 1.807) is 0 Å². The van der Waals surface area contributed by atoms with Crippen LogP contribution in [0.5, 0.6) is 0 Å². The molecule has 0 amide bonds. The molecule has 0 aliphatic rings. The van der Waals surface area contributed by atoms with E-state index in [1.807, 2.05) is 21.1 Å². The van der Waals surface area contributed by atoms with Gasteiger partial charge >= 0.3 is 11.9 Å². The van der Waals surface area contributed by atoms with Crippen LogP contribution in [0.2, 0.25) is 0 Å². The van der Waals surface area contributed by atoms with Gasteiger partial charge in [-0.2, -0.15) is 0 Å². The highest BCUT2D eigenvalue weighted by Gasteiger charge is 2.22. The predicted molar refractivity (Wildman–Crippen MR) is 360 cm³/mol. The maximum absolute atomic E-state index is 12.9. The van der Waals surface area contributed by atoms with Gasteiger partial charge in [0.2, 0.25) is 0 Å². The molecular weight excluding hydrogens is 1060 g/mol. The van der Waals surface area contributed by atoms with E-state index in [-0.39, 0.29) is 32.0 Å². The van der Waals surface area contributed by atoms with Crippen molar-refractivity contribution in [3.05, 3.63) is 97.2 Å². The Hall–Kier alpha value is -3.07. The first-order valence-electron chi connectivity index (χ1n) is 34.9. The Kier molecular flexibility index (Phi) is 62.1. The summed E-state index contributed by atoms with van der Waals surface area (Å²) in [6, 6.07) is 0. The van der Waals surface area contributed by atoms with Crippen molar-refractivity contribution < 1.29 is 42.1 Å². The van der Waals surface area contributed by atoms with Crippen molar-refractivity contribution in [1.29, 1.82) is 0 Å². The van der Waals surface area contributed by atoms with E-state index < -0.39 is 26.5 Å². The Bertz CT molecular complexity index is 1740. The van der Waals surface area contributed by atoms with Crippen LogP contribution in [0.25, 0.3) is 0 Å². The molecule has 10 heteroatoms. The van der Waals surface area contributed by atoms with Crippen LogP contribution in [-0.2, 0) is 32.7 Å². The highest BCUT2D eigenvalue weighted by molar-refractivity contribution is 7.45. The number of unbranched alkanes of at least 4 members (excludes halogenated alkanes) is 34. The molecule has 2 unspecified atom stereocenters. The molecule has 0 saturated heterocycles. The highest BCUT2D eigenvalue weighted by atomic mass is 31.2. The zero-order valence-electron chi connectivity index (χ0n) is 55.3. The Morgan fingerprint density at radius 1 is 0.381 bits per heavy atom. The summed E-state index contributed by atoms with van der Waals surface area (Å²) in [5.41, 5.74) is 0. The topological polar surface area (TPSA) is 111 Å². The molecule has 0 aliphatic heterocycles. The third-order valence-electron chi connectivity index (χ3n) is 15.1. The van der Waals surface area contributed by atoms with Crippen molar-refractivity contribution in [2.75, 3.05) is 47.5 Å². The number of phosphoric acid groups is 1. The lowest BCUT2D eigenvalue weighted by atomic mass is 10.0. The smallest absolute Gasteiger partial charge is 0.306 e. The number of hydrogen-bond donors (Lipinski definition) is 0. The second-order valence-corrected chi connectivity index (χ2v) is 25.9. The Labute approximate surface area is 519 Å². The van der Waals surface area contributed by atoms with Gasteiger partial charge in [-0.3, -0.25) is 14.2 Å². The highest BCUT2D eigenvalue weighted by Crippen LogP contribution is 2.38. The fraction of sp³-hybridized carbons (Fsp3) is 0.757. The van der Waals surface area contributed by atoms with E-state index in [0.717, 1.165) is 83.5 Å². The molecular formula is C74H132NO8P. The van der Waals surface area contributed by atoms with Crippen molar-refractivity contribution in [3.8, 4) is 0 Å². The van der Waals surface area contributed by atoms with Crippen LogP contribution < -0.4 is 4.89 Å². The van der Waals surface area contributed by atoms with Crippen molar-refractivity contribution >= 4 is 19.8 Å². The van der Waals surface area contributed by atoms with Gasteiger partial charge in [0.1, 0.15) is 19.8 Å². The van der Waals surface area contributed by atoms with E-state index in [0.29, 0.717) is 17.4 Å². The Morgan fingerprint density at radius 2 is 0.679 bits per heavy atom. The number of carbonyl (C=O) groups is 2. The molecule has 0 aliphatic carbocycles. The molecule has 9 nitrogen and oxygen atoms in total. The monoisotopic (exact) mass is 1190 g/mol. The van der Waals surface area contributed by atoms with Gasteiger partial charge in [0, 0.05) is 12.8 Å². The lowest BCUT2D eigenvalue weighted by molar-refractivity contribution is -0.870. The summed E-state index contributed by atoms with van der Waals surface area (Å²) in [5.74, 6) is -0.826. The first-order valence-corrected chi connectivity index (χ1v) is 36.4. The molecule has 0 spiro atoms.